The molecule has 3 atom stereocenters. The first-order chi connectivity index (χ1) is 18.0. The smallest absolute Gasteiger partial charge is 0.151 e. The van der Waals surface area contributed by atoms with Crippen molar-refractivity contribution < 1.29 is 30.3 Å². The molecule has 0 spiro atoms. The fourth-order valence-electron chi connectivity index (χ4n) is 3.58. The SMILES string of the molecule is CC.CC.CC.CO.COCC(CCC(N)O)NC(O)CCCCCCCCCCCCCCC(O)O. The summed E-state index contributed by atoms with van der Waals surface area (Å²) >= 11 is 0. The van der Waals surface area contributed by atoms with Gasteiger partial charge in [-0.25, -0.2) is 0 Å². The largest absolute Gasteiger partial charge is 0.400 e. The Balaban J connectivity index is -0.000000386. The zero-order valence-electron chi connectivity index (χ0n) is 26.1. The number of rotatable bonds is 22. The molecule has 0 bridgehead atoms. The van der Waals surface area contributed by atoms with Gasteiger partial charge < -0.3 is 36.0 Å². The van der Waals surface area contributed by atoms with E-state index in [0.717, 1.165) is 39.2 Å². The minimum atomic E-state index is -1.14. The van der Waals surface area contributed by atoms with Crippen LogP contribution in [0, 0.1) is 0 Å². The quantitative estimate of drug-likeness (QED) is 0.0708. The summed E-state index contributed by atoms with van der Waals surface area (Å²) in [6.45, 7) is 12.5. The summed E-state index contributed by atoms with van der Waals surface area (Å²) in [6, 6.07) is 0.00877. The molecule has 8 heteroatoms. The Labute approximate surface area is 231 Å². The van der Waals surface area contributed by atoms with E-state index in [1.165, 1.54) is 51.4 Å². The lowest BCUT2D eigenvalue weighted by Crippen LogP contribution is -2.41. The molecule has 8 N–H and O–H groups in total. The average Bonchev–Trinajstić information content (AvgIpc) is 2.92. The first-order valence-electron chi connectivity index (χ1n) is 15.1. The van der Waals surface area contributed by atoms with Gasteiger partial charge in [0.1, 0.15) is 12.5 Å². The van der Waals surface area contributed by atoms with E-state index in [9.17, 15) is 10.2 Å². The van der Waals surface area contributed by atoms with Crippen LogP contribution < -0.4 is 11.1 Å². The Hall–Kier alpha value is -0.320. The number of hydrogen-bond acceptors (Lipinski definition) is 8. The van der Waals surface area contributed by atoms with E-state index in [-0.39, 0.29) is 6.04 Å². The van der Waals surface area contributed by atoms with E-state index in [2.05, 4.69) is 5.32 Å². The van der Waals surface area contributed by atoms with Crippen LogP contribution in [-0.2, 0) is 4.74 Å². The van der Waals surface area contributed by atoms with Gasteiger partial charge in [-0.05, 0) is 38.5 Å². The van der Waals surface area contributed by atoms with E-state index >= 15 is 0 Å². The molecule has 8 nitrogen and oxygen atoms in total. The number of nitrogens with two attached hydrogens (primary N) is 1. The van der Waals surface area contributed by atoms with E-state index in [1.807, 2.05) is 41.5 Å². The van der Waals surface area contributed by atoms with E-state index in [1.54, 1.807) is 7.11 Å². The van der Waals surface area contributed by atoms with Crippen molar-refractivity contribution in [3.63, 3.8) is 0 Å². The first-order valence-corrected chi connectivity index (χ1v) is 15.1. The van der Waals surface area contributed by atoms with Gasteiger partial charge in [0.25, 0.3) is 0 Å². The molecule has 0 aromatic rings. The van der Waals surface area contributed by atoms with Crippen molar-refractivity contribution in [3.8, 4) is 0 Å². The molecule has 3 unspecified atom stereocenters. The third-order valence-electron chi connectivity index (χ3n) is 5.30. The third kappa shape index (κ3) is 49.2. The zero-order chi connectivity index (χ0) is 29.7. The number of aliphatic hydroxyl groups is 5. The average molecular weight is 543 g/mol. The molecule has 0 fully saturated rings. The Morgan fingerprint density at radius 1 is 0.568 bits per heavy atom. The summed E-state index contributed by atoms with van der Waals surface area (Å²) in [4.78, 5) is 0. The van der Waals surface area contributed by atoms with Gasteiger partial charge in [-0.3, -0.25) is 5.32 Å². The molecule has 0 saturated carbocycles. The van der Waals surface area contributed by atoms with Gasteiger partial charge in [-0.2, -0.15) is 0 Å². The fraction of sp³-hybridized carbons (Fsp3) is 1.00. The van der Waals surface area contributed by atoms with Gasteiger partial charge in [0, 0.05) is 20.3 Å². The molecule has 0 aromatic carbocycles. The maximum absolute atomic E-state index is 10.1. The standard InChI is InChI=1S/C22H48N2O5.3C2H6.CH4O/c1-29-18-19(16-17-20(23)25)24-21(26)14-12-10-8-6-4-2-3-5-7-9-11-13-15-22(27)28;4*1-2/h19-22,24-28H,2-18,23H2,1H3;3*1-2H3;2H,1H3. The predicted octanol–water partition coefficient (Wildman–Crippen LogP) is 5.43. The Kier molecular flexibility index (Phi) is 57.3. The zero-order valence-corrected chi connectivity index (χ0v) is 26.1. The summed E-state index contributed by atoms with van der Waals surface area (Å²) in [5.74, 6) is 0. The van der Waals surface area contributed by atoms with E-state index < -0.39 is 18.7 Å². The highest BCUT2D eigenvalue weighted by atomic mass is 16.5. The lowest BCUT2D eigenvalue weighted by atomic mass is 10.0. The maximum atomic E-state index is 10.1. The molecule has 0 aliphatic carbocycles. The summed E-state index contributed by atoms with van der Waals surface area (Å²) in [6.07, 6.45) is 14.1. The van der Waals surface area contributed by atoms with Crippen molar-refractivity contribution in [1.82, 2.24) is 5.32 Å². The predicted molar refractivity (Wildman–Crippen MR) is 159 cm³/mol. The molecule has 0 aliphatic heterocycles. The van der Waals surface area contributed by atoms with Crippen LogP contribution in [0.15, 0.2) is 0 Å². The maximum Gasteiger partial charge on any atom is 0.151 e. The second-order valence-electron chi connectivity index (χ2n) is 8.28. The number of ether oxygens (including phenoxy) is 1. The third-order valence-corrected chi connectivity index (χ3v) is 5.30. The van der Waals surface area contributed by atoms with Crippen molar-refractivity contribution in [2.45, 2.75) is 169 Å². The Morgan fingerprint density at radius 3 is 1.24 bits per heavy atom. The molecule has 0 saturated heterocycles. The molecule has 0 radical (unpaired) electrons. The molecule has 0 aliphatic rings. The normalized spacial score (nSPS) is 12.4. The van der Waals surface area contributed by atoms with Crippen LogP contribution in [0.5, 0.6) is 0 Å². The number of methoxy groups -OCH3 is 1. The van der Waals surface area contributed by atoms with Crippen LogP contribution in [0.2, 0.25) is 0 Å². The Bertz CT molecular complexity index is 338. The van der Waals surface area contributed by atoms with Crippen LogP contribution in [0.25, 0.3) is 0 Å². The monoisotopic (exact) mass is 543 g/mol. The summed E-state index contributed by atoms with van der Waals surface area (Å²) in [7, 11) is 2.63. The topological polar surface area (TPSA) is 148 Å². The highest BCUT2D eigenvalue weighted by Crippen LogP contribution is 2.14. The van der Waals surface area contributed by atoms with Crippen LogP contribution in [0.1, 0.15) is 144 Å². The fourth-order valence-corrected chi connectivity index (χ4v) is 3.58. The number of aliphatic hydroxyl groups excluding tert-OH is 4. The molecule has 0 rings (SSSR count). The van der Waals surface area contributed by atoms with Gasteiger partial charge in [0.2, 0.25) is 0 Å². The van der Waals surface area contributed by atoms with Crippen LogP contribution >= 0.6 is 0 Å². The highest BCUT2D eigenvalue weighted by molar-refractivity contribution is 4.69. The van der Waals surface area contributed by atoms with Crippen molar-refractivity contribution in [2.24, 2.45) is 5.73 Å². The lowest BCUT2D eigenvalue weighted by molar-refractivity contribution is -0.0466. The van der Waals surface area contributed by atoms with Crippen molar-refractivity contribution in [1.29, 1.82) is 0 Å². The number of nitrogens with one attached hydrogen (secondary N) is 1. The molecular formula is C29H70N2O6. The lowest BCUT2D eigenvalue weighted by Gasteiger charge is -2.22. The molecule has 37 heavy (non-hydrogen) atoms. The van der Waals surface area contributed by atoms with Crippen LogP contribution in [-0.4, -0.2) is 71.1 Å². The van der Waals surface area contributed by atoms with Crippen LogP contribution in [0.3, 0.4) is 0 Å². The van der Waals surface area contributed by atoms with Crippen molar-refractivity contribution in [2.75, 3.05) is 20.8 Å². The minimum Gasteiger partial charge on any atom is -0.400 e. The van der Waals surface area contributed by atoms with E-state index in [0.29, 0.717) is 25.9 Å². The Morgan fingerprint density at radius 2 is 0.919 bits per heavy atom. The summed E-state index contributed by atoms with van der Waals surface area (Å²) in [5.41, 5.74) is 5.38. The van der Waals surface area contributed by atoms with Gasteiger partial charge in [0.05, 0.1) is 6.61 Å². The van der Waals surface area contributed by atoms with Gasteiger partial charge in [-0.1, -0.05) is 106 Å². The number of hydrogen-bond donors (Lipinski definition) is 7. The first kappa shape index (κ1) is 46.5. The molecule has 232 valence electrons. The molecule has 0 amide bonds. The number of unbranched alkanes of at least 4 members (excludes halogenated alkanes) is 11. The van der Waals surface area contributed by atoms with Gasteiger partial charge in [0.15, 0.2) is 6.29 Å². The van der Waals surface area contributed by atoms with Crippen LogP contribution in [0.4, 0.5) is 0 Å². The molecular weight excluding hydrogens is 472 g/mol. The second-order valence-corrected chi connectivity index (χ2v) is 8.28. The highest BCUT2D eigenvalue weighted by Gasteiger charge is 2.14. The van der Waals surface area contributed by atoms with Gasteiger partial charge in [-0.15, -0.1) is 0 Å². The molecule has 0 aromatic heterocycles. The molecule has 0 heterocycles. The minimum absolute atomic E-state index is 0.00877. The van der Waals surface area contributed by atoms with Crippen molar-refractivity contribution >= 4 is 0 Å². The van der Waals surface area contributed by atoms with E-state index in [4.69, 9.17) is 25.8 Å². The summed E-state index contributed by atoms with van der Waals surface area (Å²) < 4.78 is 5.15. The second kappa shape index (κ2) is 45.6. The van der Waals surface area contributed by atoms with Crippen molar-refractivity contribution in [3.05, 3.63) is 0 Å². The van der Waals surface area contributed by atoms with Gasteiger partial charge >= 0.3 is 0 Å². The summed E-state index contributed by atoms with van der Waals surface area (Å²) in [5, 5.41) is 47.0.